The van der Waals surface area contributed by atoms with Crippen LogP contribution in [0, 0.1) is 0 Å². The van der Waals surface area contributed by atoms with Gasteiger partial charge in [0.15, 0.2) is 11.5 Å². The lowest BCUT2D eigenvalue weighted by molar-refractivity contribution is -0.137. The third kappa shape index (κ3) is 4.99. The molecule has 4 rings (SSSR count). The molecule has 0 atom stereocenters. The Morgan fingerprint density at radius 3 is 2.39 bits per heavy atom. The van der Waals surface area contributed by atoms with E-state index in [4.69, 9.17) is 9.47 Å². The molecule has 0 radical (unpaired) electrons. The fraction of sp³-hybridized carbons (Fsp3) is 0.182. The largest absolute Gasteiger partial charge is 0.454 e. The van der Waals surface area contributed by atoms with Gasteiger partial charge in [-0.05, 0) is 36.4 Å². The number of anilines is 1. The van der Waals surface area contributed by atoms with Crippen molar-refractivity contribution >= 4 is 27.7 Å². The van der Waals surface area contributed by atoms with Crippen molar-refractivity contribution in [2.45, 2.75) is 20.0 Å². The zero-order chi connectivity index (χ0) is 22.6. The first-order valence-corrected chi connectivity index (χ1v) is 10.2. The predicted octanol–water partition coefficient (Wildman–Crippen LogP) is 6.54. The number of hydrogen-bond acceptors (Lipinski definition) is 4. The topological polar surface area (TPSA) is 60.5 Å². The van der Waals surface area contributed by atoms with E-state index in [1.54, 1.807) is 18.2 Å². The second-order valence-electron chi connectivity index (χ2n) is 6.11. The van der Waals surface area contributed by atoms with Gasteiger partial charge >= 0.3 is 6.18 Å². The van der Waals surface area contributed by atoms with E-state index >= 15 is 0 Å². The first kappa shape index (κ1) is 22.6. The molecule has 2 heterocycles. The zero-order valence-corrected chi connectivity index (χ0v) is 18.2. The number of nitrogens with one attached hydrogen (secondary N) is 1. The van der Waals surface area contributed by atoms with Gasteiger partial charge in [0.1, 0.15) is 5.82 Å². The van der Waals surface area contributed by atoms with E-state index in [0.29, 0.717) is 11.5 Å². The van der Waals surface area contributed by atoms with Crippen LogP contribution in [0.4, 0.5) is 19.0 Å². The first-order chi connectivity index (χ1) is 14.8. The Kier molecular flexibility index (Phi) is 6.84. The molecule has 0 bridgehead atoms. The number of rotatable bonds is 3. The van der Waals surface area contributed by atoms with Crippen LogP contribution in [-0.4, -0.2) is 17.7 Å². The number of fused-ring (bicyclic) bond motifs is 1. The molecule has 5 nitrogen and oxygen atoms in total. The van der Waals surface area contributed by atoms with Crippen molar-refractivity contribution in [1.82, 2.24) is 4.98 Å². The number of hydrogen-bond donors (Lipinski definition) is 1. The molecule has 0 aliphatic carbocycles. The molecule has 0 unspecified atom stereocenters. The second kappa shape index (κ2) is 9.38. The normalized spacial score (nSPS) is 12.1. The highest BCUT2D eigenvalue weighted by atomic mass is 79.9. The summed E-state index contributed by atoms with van der Waals surface area (Å²) >= 11 is 3.46. The van der Waals surface area contributed by atoms with Crippen LogP contribution in [0.15, 0.2) is 59.2 Å². The van der Waals surface area contributed by atoms with Gasteiger partial charge < -0.3 is 14.8 Å². The molecule has 0 saturated heterocycles. The molecule has 31 heavy (non-hydrogen) atoms. The van der Waals surface area contributed by atoms with Gasteiger partial charge in [0, 0.05) is 21.8 Å². The van der Waals surface area contributed by atoms with Crippen molar-refractivity contribution in [3.63, 3.8) is 0 Å². The lowest BCUT2D eigenvalue weighted by Gasteiger charge is -2.12. The highest BCUT2D eigenvalue weighted by Crippen LogP contribution is 2.41. The number of aromatic nitrogens is 1. The van der Waals surface area contributed by atoms with E-state index in [1.165, 1.54) is 24.4 Å². The standard InChI is InChI=1S/C20H12BrF3N2O3.C2H6/c21-15-8-17-16(28-10-29-17)7-13(15)11-5-6-18(25-9-11)26-19(27)12-3-1-2-4-14(12)20(22,23)24;1-2/h1-9H,10H2,(H,25,26,27);1-2H3. The highest BCUT2D eigenvalue weighted by Gasteiger charge is 2.34. The van der Waals surface area contributed by atoms with Gasteiger partial charge in [0.05, 0.1) is 11.1 Å². The van der Waals surface area contributed by atoms with Gasteiger partial charge in [-0.25, -0.2) is 4.98 Å². The Morgan fingerprint density at radius 1 is 1.06 bits per heavy atom. The number of carbonyl (C=O) groups is 1. The average molecular weight is 495 g/mol. The molecule has 0 spiro atoms. The molecule has 1 amide bonds. The predicted molar refractivity (Wildman–Crippen MR) is 114 cm³/mol. The van der Waals surface area contributed by atoms with Crippen molar-refractivity contribution in [2.75, 3.05) is 12.1 Å². The number of pyridine rings is 1. The van der Waals surface area contributed by atoms with E-state index < -0.39 is 23.2 Å². The van der Waals surface area contributed by atoms with Gasteiger partial charge in [0.2, 0.25) is 6.79 Å². The van der Waals surface area contributed by atoms with Crippen LogP contribution in [0.2, 0.25) is 0 Å². The van der Waals surface area contributed by atoms with Crippen LogP contribution < -0.4 is 14.8 Å². The summed E-state index contributed by atoms with van der Waals surface area (Å²) in [4.78, 5) is 16.5. The van der Waals surface area contributed by atoms with Crippen LogP contribution in [0.1, 0.15) is 29.8 Å². The molecule has 0 saturated carbocycles. The number of ether oxygens (including phenoxy) is 2. The summed E-state index contributed by atoms with van der Waals surface area (Å²) < 4.78 is 50.7. The van der Waals surface area contributed by atoms with Gasteiger partial charge in [0.25, 0.3) is 5.91 Å². The van der Waals surface area contributed by atoms with Gasteiger partial charge in [-0.1, -0.05) is 41.9 Å². The second-order valence-corrected chi connectivity index (χ2v) is 6.97. The van der Waals surface area contributed by atoms with Crippen molar-refractivity contribution in [1.29, 1.82) is 0 Å². The average Bonchev–Trinajstić information content (AvgIpc) is 3.22. The summed E-state index contributed by atoms with van der Waals surface area (Å²) in [6, 6.07) is 11.4. The van der Waals surface area contributed by atoms with Gasteiger partial charge in [-0.15, -0.1) is 0 Å². The van der Waals surface area contributed by atoms with E-state index in [-0.39, 0.29) is 12.6 Å². The Hall–Kier alpha value is -3.07. The Morgan fingerprint density at radius 2 is 1.74 bits per heavy atom. The summed E-state index contributed by atoms with van der Waals surface area (Å²) in [6.07, 6.45) is -3.12. The Bertz CT molecular complexity index is 1090. The lowest BCUT2D eigenvalue weighted by atomic mass is 10.1. The fourth-order valence-electron chi connectivity index (χ4n) is 2.88. The quantitative estimate of drug-likeness (QED) is 0.449. The number of carbonyl (C=O) groups excluding carboxylic acids is 1. The Balaban J connectivity index is 0.00000132. The molecule has 0 fully saturated rings. The molecule has 1 aromatic heterocycles. The third-order valence-corrected chi connectivity index (χ3v) is 4.91. The van der Waals surface area contributed by atoms with E-state index in [9.17, 15) is 18.0 Å². The van der Waals surface area contributed by atoms with Crippen LogP contribution in [0.25, 0.3) is 11.1 Å². The minimum absolute atomic E-state index is 0.132. The summed E-state index contributed by atoms with van der Waals surface area (Å²) in [5, 5.41) is 2.40. The maximum atomic E-state index is 13.1. The van der Waals surface area contributed by atoms with Crippen molar-refractivity contribution in [3.05, 3.63) is 70.3 Å². The third-order valence-electron chi connectivity index (χ3n) is 4.26. The molecular formula is C22H18BrF3N2O3. The molecule has 9 heteroatoms. The van der Waals surface area contributed by atoms with Crippen molar-refractivity contribution < 1.29 is 27.4 Å². The van der Waals surface area contributed by atoms with Gasteiger partial charge in [-0.2, -0.15) is 13.2 Å². The summed E-state index contributed by atoms with van der Waals surface area (Å²) in [7, 11) is 0. The van der Waals surface area contributed by atoms with Gasteiger partial charge in [-0.3, -0.25) is 4.79 Å². The zero-order valence-electron chi connectivity index (χ0n) is 16.6. The lowest BCUT2D eigenvalue weighted by Crippen LogP contribution is -2.19. The first-order valence-electron chi connectivity index (χ1n) is 9.36. The number of alkyl halides is 3. The van der Waals surface area contributed by atoms with Crippen LogP contribution in [0.5, 0.6) is 11.5 Å². The summed E-state index contributed by atoms with van der Waals surface area (Å²) in [5.74, 6) is 0.472. The maximum Gasteiger partial charge on any atom is 0.417 e. The van der Waals surface area contributed by atoms with Crippen molar-refractivity contribution in [3.8, 4) is 22.6 Å². The molecule has 1 N–H and O–H groups in total. The SMILES string of the molecule is CC.O=C(Nc1ccc(-c2cc3c(cc2Br)OCO3)cn1)c1ccccc1C(F)(F)F. The Labute approximate surface area is 185 Å². The van der Waals surface area contributed by atoms with Crippen LogP contribution in [-0.2, 0) is 6.18 Å². The molecule has 1 aliphatic heterocycles. The minimum atomic E-state index is -4.63. The molecule has 2 aromatic carbocycles. The van der Waals surface area contributed by atoms with E-state index in [0.717, 1.165) is 27.7 Å². The molecule has 162 valence electrons. The molecule has 3 aromatic rings. The number of halogens is 4. The number of nitrogens with zero attached hydrogens (tertiary/aromatic N) is 1. The molecule has 1 aliphatic rings. The van der Waals surface area contributed by atoms with Crippen LogP contribution >= 0.6 is 15.9 Å². The van der Waals surface area contributed by atoms with Crippen LogP contribution in [0.3, 0.4) is 0 Å². The highest BCUT2D eigenvalue weighted by molar-refractivity contribution is 9.10. The molecular weight excluding hydrogens is 477 g/mol. The van der Waals surface area contributed by atoms with Crippen molar-refractivity contribution in [2.24, 2.45) is 0 Å². The summed E-state index contributed by atoms with van der Waals surface area (Å²) in [6.45, 7) is 4.15. The number of amides is 1. The number of benzene rings is 2. The fourth-order valence-corrected chi connectivity index (χ4v) is 3.43. The smallest absolute Gasteiger partial charge is 0.417 e. The maximum absolute atomic E-state index is 13.1. The van der Waals surface area contributed by atoms with E-state index in [1.807, 2.05) is 13.8 Å². The minimum Gasteiger partial charge on any atom is -0.454 e. The van der Waals surface area contributed by atoms with E-state index in [2.05, 4.69) is 26.2 Å². The summed E-state index contributed by atoms with van der Waals surface area (Å²) in [5.41, 5.74) is 0.0497. The monoisotopic (exact) mass is 494 g/mol.